The van der Waals surface area contributed by atoms with E-state index in [0.717, 1.165) is 75.9 Å². The van der Waals surface area contributed by atoms with E-state index in [2.05, 4.69) is 97.1 Å². The molecule has 6 rings (SSSR count). The van der Waals surface area contributed by atoms with Crippen molar-refractivity contribution < 1.29 is 9.59 Å². The van der Waals surface area contributed by atoms with Crippen LogP contribution in [0.1, 0.15) is 139 Å². The Morgan fingerprint density at radius 2 is 0.929 bits per heavy atom. The Hall–Kier alpha value is -2.13. The summed E-state index contributed by atoms with van der Waals surface area (Å²) in [7, 11) is 8.46. The van der Waals surface area contributed by atoms with Crippen molar-refractivity contribution in [1.82, 2.24) is 0 Å². The number of benzene rings is 2. The average molecular weight is 917 g/mol. The first-order valence-electron chi connectivity index (χ1n) is 21.4. The van der Waals surface area contributed by atoms with Gasteiger partial charge in [-0.1, -0.05) is 0 Å². The molecule has 0 spiro atoms. The third-order valence-corrected chi connectivity index (χ3v) is 15.1. The van der Waals surface area contributed by atoms with Crippen LogP contribution in [0, 0.1) is 11.8 Å². The van der Waals surface area contributed by atoms with Crippen molar-refractivity contribution in [2.24, 2.45) is 11.8 Å². The maximum atomic E-state index is 15.0. The van der Waals surface area contributed by atoms with Crippen LogP contribution in [0.5, 0.6) is 0 Å². The number of thiophene rings is 2. The van der Waals surface area contributed by atoms with Gasteiger partial charge in [0, 0.05) is 0 Å². The molecule has 0 saturated carbocycles. The van der Waals surface area contributed by atoms with Gasteiger partial charge < -0.3 is 0 Å². The van der Waals surface area contributed by atoms with Crippen LogP contribution in [0.25, 0.3) is 31.3 Å². The summed E-state index contributed by atoms with van der Waals surface area (Å²) < 4.78 is 4.22. The topological polar surface area (TPSA) is 40.6 Å². The average Bonchev–Trinajstić information content (AvgIpc) is 3.88. The minimum atomic E-state index is -0.0622. The van der Waals surface area contributed by atoms with E-state index < -0.39 is 0 Å². The first kappa shape index (κ1) is 43.4. The predicted molar refractivity (Wildman–Crippen MR) is 258 cm³/mol. The number of carbonyl (C=O) groups is 2. The van der Waals surface area contributed by atoms with Crippen molar-refractivity contribution in [3.63, 3.8) is 0 Å². The van der Waals surface area contributed by atoms with Crippen LogP contribution >= 0.6 is 54.5 Å². The molecule has 0 radical (unpaired) electrons. The fourth-order valence-electron chi connectivity index (χ4n) is 8.56. The molecule has 2 atom stereocenters. The number of unbranched alkanes of at least 4 members (excludes halogenated alkanes) is 14. The summed E-state index contributed by atoms with van der Waals surface area (Å²) >= 11 is 10.6. The first-order valence-corrected chi connectivity index (χ1v) is 24.6. The van der Waals surface area contributed by atoms with Crippen LogP contribution in [-0.4, -0.2) is 51.8 Å². The summed E-state index contributed by atoms with van der Waals surface area (Å²) in [6.45, 7) is 5.65. The summed E-state index contributed by atoms with van der Waals surface area (Å²) in [6.07, 6.45) is 22.3. The molecule has 296 valence electrons. The van der Waals surface area contributed by atoms with Gasteiger partial charge in [0.1, 0.15) is 0 Å². The van der Waals surface area contributed by atoms with Crippen LogP contribution in [0.2, 0.25) is 0 Å². The minimum absolute atomic E-state index is 0.0622. The van der Waals surface area contributed by atoms with E-state index in [4.69, 9.17) is 0 Å². The molecule has 10 heteroatoms. The van der Waals surface area contributed by atoms with Crippen LogP contribution in [-0.2, 0) is 9.59 Å². The molecule has 2 aromatic carbocycles. The number of hydrogen-bond acceptors (Lipinski definition) is 4. The normalized spacial score (nSPS) is 16.3. The molecule has 0 bridgehead atoms. The van der Waals surface area contributed by atoms with Crippen LogP contribution in [0.3, 0.4) is 0 Å². The van der Waals surface area contributed by atoms with Gasteiger partial charge in [0.25, 0.3) is 0 Å². The molecule has 0 N–H and O–H groups in total. The zero-order valence-corrected chi connectivity index (χ0v) is 38.4. The zero-order valence-electron chi connectivity index (χ0n) is 33.6. The van der Waals surface area contributed by atoms with Gasteiger partial charge in [0.2, 0.25) is 0 Å². The van der Waals surface area contributed by atoms with Gasteiger partial charge in [0.15, 0.2) is 0 Å². The van der Waals surface area contributed by atoms with Crippen LogP contribution in [0.15, 0.2) is 45.3 Å². The van der Waals surface area contributed by atoms with E-state index in [1.807, 2.05) is 21.7 Å². The van der Waals surface area contributed by atoms with Crippen molar-refractivity contribution >= 4 is 136 Å². The summed E-state index contributed by atoms with van der Waals surface area (Å²) in [5, 5.41) is 2.12. The molecule has 4 heterocycles. The number of fused-ring (bicyclic) bond motifs is 6. The summed E-state index contributed by atoms with van der Waals surface area (Å²) in [4.78, 5) is 35.8. The van der Waals surface area contributed by atoms with Gasteiger partial charge >= 0.3 is 365 Å². The van der Waals surface area contributed by atoms with E-state index in [1.165, 1.54) is 89.9 Å². The Morgan fingerprint density at radius 1 is 0.571 bits per heavy atom. The molecule has 56 heavy (non-hydrogen) atoms. The van der Waals surface area contributed by atoms with E-state index >= 15 is 9.59 Å². The number of halogens is 2. The second-order valence-electron chi connectivity index (χ2n) is 15.9. The van der Waals surface area contributed by atoms with E-state index in [0.29, 0.717) is 24.2 Å². The number of nitrogens with zero attached hydrogens (tertiary/aromatic N) is 2. The van der Waals surface area contributed by atoms with Crippen LogP contribution < -0.4 is 9.80 Å². The van der Waals surface area contributed by atoms with Crippen molar-refractivity contribution in [3.05, 3.63) is 55.1 Å². The fourth-order valence-corrected chi connectivity index (χ4v) is 12.2. The number of rotatable bonds is 24. The Bertz CT molecular complexity index is 1910. The van der Waals surface area contributed by atoms with Crippen molar-refractivity contribution in [2.75, 3.05) is 22.9 Å². The molecular formula is C46H58B2Br2N2O2S2. The van der Waals surface area contributed by atoms with E-state index in [-0.39, 0.29) is 23.7 Å². The number of hydrogen-bond donors (Lipinski definition) is 0. The Kier molecular flexibility index (Phi) is 16.5. The zero-order chi connectivity index (χ0) is 39.6. The molecule has 2 amide bonds. The molecule has 0 saturated heterocycles. The monoisotopic (exact) mass is 914 g/mol. The van der Waals surface area contributed by atoms with Gasteiger partial charge in [-0.2, -0.15) is 0 Å². The second kappa shape index (κ2) is 21.2. The quantitative estimate of drug-likeness (QED) is 0.0399. The number of amides is 2. The van der Waals surface area contributed by atoms with Crippen LogP contribution in [0.4, 0.5) is 11.4 Å². The summed E-state index contributed by atoms with van der Waals surface area (Å²) in [5.41, 5.74) is 3.01. The summed E-state index contributed by atoms with van der Waals surface area (Å²) in [5.74, 6) is 4.28. The number of carbonyl (C=O) groups excluding carboxylic acids is 2. The third kappa shape index (κ3) is 10.00. The van der Waals surface area contributed by atoms with Gasteiger partial charge in [-0.25, -0.2) is 0 Å². The SMILES string of the molecule is B=CC(CCCCCCCCCC)CN1C(=O)/C(=C2/C(=O)N(CC(C=B)CCCCCCCCCC)c3c2sc2cc(Br)ccc32)c2sc3cc(Br)ccc3c21. The molecule has 2 aliphatic heterocycles. The first-order chi connectivity index (χ1) is 27.3. The number of anilines is 2. The molecule has 4 nitrogen and oxygen atoms in total. The third-order valence-electron chi connectivity index (χ3n) is 11.8. The molecule has 2 aliphatic rings. The molecule has 0 fully saturated rings. The van der Waals surface area contributed by atoms with E-state index in [9.17, 15) is 0 Å². The van der Waals surface area contributed by atoms with E-state index in [1.54, 1.807) is 22.7 Å². The predicted octanol–water partition coefficient (Wildman–Crippen LogP) is 12.9. The fraction of sp³-hybridized carbons (Fsp3) is 0.522. The van der Waals surface area contributed by atoms with Crippen molar-refractivity contribution in [2.45, 2.75) is 129 Å². The van der Waals surface area contributed by atoms with Gasteiger partial charge in [0.05, 0.1) is 0 Å². The Morgan fingerprint density at radius 3 is 1.29 bits per heavy atom. The Balaban J connectivity index is 1.30. The van der Waals surface area contributed by atoms with Crippen molar-refractivity contribution in [1.29, 1.82) is 0 Å². The standard InChI is InChI=1S/C46H58B2Br2N2O2S2/c1-3-5-7-9-11-13-15-17-19-31(27-47)29-51-41-35-23-21-33(49)25-37(35)55-43(41)39(45(51)53)40-44-42(36-24-22-34(50)26-38(36)56-44)52(46(40)54)30-32(28-48)20-18-16-14-12-10-8-6-4-2/h21-28,31-32,47-48H,3-20,29-30H2,1-2H3/b40-39+. The van der Waals surface area contributed by atoms with Crippen molar-refractivity contribution in [3.8, 4) is 0 Å². The van der Waals surface area contributed by atoms with Gasteiger partial charge in [-0.3, -0.25) is 0 Å². The maximum absolute atomic E-state index is 15.0. The van der Waals surface area contributed by atoms with Gasteiger partial charge in [-0.15, -0.1) is 0 Å². The molecule has 4 aromatic rings. The van der Waals surface area contributed by atoms with Gasteiger partial charge in [-0.05, 0) is 0 Å². The summed E-state index contributed by atoms with van der Waals surface area (Å²) in [6, 6.07) is 12.6. The second-order valence-corrected chi connectivity index (χ2v) is 19.9. The Labute approximate surface area is 362 Å². The molecule has 0 aliphatic carbocycles. The molecule has 2 unspecified atom stereocenters. The molecular weight excluding hydrogens is 858 g/mol. The molecule has 2 aromatic heterocycles.